The first-order chi connectivity index (χ1) is 9.66. The Bertz CT molecular complexity index is 461. The summed E-state index contributed by atoms with van der Waals surface area (Å²) in [6, 6.07) is 9.04. The van der Waals surface area contributed by atoms with E-state index in [-0.39, 0.29) is 24.4 Å². The van der Waals surface area contributed by atoms with Crippen molar-refractivity contribution < 1.29 is 14.7 Å². The summed E-state index contributed by atoms with van der Waals surface area (Å²) in [5.74, 6) is 0.624. The largest absolute Gasteiger partial charge is 0.481 e. The number of benzene rings is 1. The van der Waals surface area contributed by atoms with Crippen LogP contribution in [0.5, 0.6) is 0 Å². The van der Waals surface area contributed by atoms with Gasteiger partial charge in [0.25, 0.3) is 0 Å². The first-order valence-electron chi connectivity index (χ1n) is 6.55. The van der Waals surface area contributed by atoms with Crippen molar-refractivity contribution in [3.8, 4) is 0 Å². The highest BCUT2D eigenvalue weighted by molar-refractivity contribution is 7.99. The molecule has 1 aliphatic rings. The second-order valence-corrected chi connectivity index (χ2v) is 5.71. The number of carboxylic acid groups (broad SMARTS) is 1. The molecule has 0 saturated carbocycles. The molecule has 2 rings (SSSR count). The van der Waals surface area contributed by atoms with Gasteiger partial charge in [-0.25, -0.2) is 0 Å². The second kappa shape index (κ2) is 7.31. The van der Waals surface area contributed by atoms with Crippen molar-refractivity contribution in [1.29, 1.82) is 0 Å². The van der Waals surface area contributed by atoms with Crippen molar-refractivity contribution in [3.05, 3.63) is 35.9 Å². The van der Waals surface area contributed by atoms with Gasteiger partial charge in [-0.1, -0.05) is 30.3 Å². The lowest BCUT2D eigenvalue weighted by atomic mass is 10.0. The quantitative estimate of drug-likeness (QED) is 0.738. The summed E-state index contributed by atoms with van der Waals surface area (Å²) < 4.78 is 0. The monoisotopic (exact) mass is 294 g/mol. The molecule has 1 aromatic carbocycles. The number of hydrogen-bond acceptors (Lipinski definition) is 4. The van der Waals surface area contributed by atoms with Crippen LogP contribution in [-0.2, 0) is 9.59 Å². The number of carboxylic acids is 1. The Morgan fingerprint density at radius 3 is 2.75 bits per heavy atom. The van der Waals surface area contributed by atoms with Gasteiger partial charge in [-0.15, -0.1) is 11.8 Å². The molecule has 1 aromatic rings. The first kappa shape index (κ1) is 14.9. The number of carbonyl (C=O) groups is 2. The van der Waals surface area contributed by atoms with Gasteiger partial charge in [0.05, 0.1) is 12.1 Å². The Morgan fingerprint density at radius 2 is 2.15 bits per heavy atom. The van der Waals surface area contributed by atoms with Crippen LogP contribution in [0.3, 0.4) is 0 Å². The van der Waals surface area contributed by atoms with Crippen LogP contribution in [0.25, 0.3) is 0 Å². The number of rotatable bonds is 6. The maximum Gasteiger partial charge on any atom is 0.303 e. The Kier molecular flexibility index (Phi) is 5.43. The van der Waals surface area contributed by atoms with Crippen molar-refractivity contribution in [2.75, 3.05) is 11.6 Å². The molecule has 1 amide bonds. The molecule has 0 spiro atoms. The van der Waals surface area contributed by atoms with Crippen LogP contribution in [-0.4, -0.2) is 34.7 Å². The van der Waals surface area contributed by atoms with Crippen molar-refractivity contribution in [2.45, 2.75) is 24.9 Å². The van der Waals surface area contributed by atoms with Gasteiger partial charge < -0.3 is 10.4 Å². The van der Waals surface area contributed by atoms with E-state index >= 15 is 0 Å². The standard InChI is InChI=1S/C14H18N2O3S/c17-13(18)7-6-11(10-4-2-1-3-5-10)16-14(19)12-8-20-9-15-12/h1-5,11-12,15H,6-9H2,(H,16,19)(H,17,18). The zero-order chi connectivity index (χ0) is 14.4. The van der Waals surface area contributed by atoms with Crippen LogP contribution >= 0.6 is 11.8 Å². The predicted molar refractivity (Wildman–Crippen MR) is 78.4 cm³/mol. The van der Waals surface area contributed by atoms with Crippen molar-refractivity contribution in [3.63, 3.8) is 0 Å². The van der Waals surface area contributed by atoms with Crippen molar-refractivity contribution in [1.82, 2.24) is 10.6 Å². The Balaban J connectivity index is 2.01. The highest BCUT2D eigenvalue weighted by Crippen LogP contribution is 2.19. The minimum absolute atomic E-state index is 0.0344. The molecule has 2 unspecified atom stereocenters. The summed E-state index contributed by atoms with van der Waals surface area (Å²) in [5, 5.41) is 14.9. The van der Waals surface area contributed by atoms with Crippen LogP contribution in [0.2, 0.25) is 0 Å². The van der Waals surface area contributed by atoms with Crippen LogP contribution < -0.4 is 10.6 Å². The maximum atomic E-state index is 12.1. The SMILES string of the molecule is O=C(O)CCC(NC(=O)C1CSCN1)c1ccccc1. The van der Waals surface area contributed by atoms with Crippen LogP contribution in [0, 0.1) is 0 Å². The molecule has 0 bridgehead atoms. The molecule has 20 heavy (non-hydrogen) atoms. The van der Waals surface area contributed by atoms with E-state index in [0.29, 0.717) is 6.42 Å². The zero-order valence-electron chi connectivity index (χ0n) is 11.0. The lowest BCUT2D eigenvalue weighted by molar-refractivity contribution is -0.137. The van der Waals surface area contributed by atoms with E-state index in [1.807, 2.05) is 30.3 Å². The first-order valence-corrected chi connectivity index (χ1v) is 7.70. The van der Waals surface area contributed by atoms with E-state index < -0.39 is 5.97 Å². The number of aliphatic carboxylic acids is 1. The second-order valence-electron chi connectivity index (χ2n) is 4.68. The number of nitrogens with one attached hydrogen (secondary N) is 2. The van der Waals surface area contributed by atoms with Gasteiger partial charge >= 0.3 is 5.97 Å². The van der Waals surface area contributed by atoms with Gasteiger partial charge in [0.1, 0.15) is 0 Å². The van der Waals surface area contributed by atoms with E-state index in [0.717, 1.165) is 17.2 Å². The predicted octanol–water partition coefficient (Wildman–Crippen LogP) is 1.37. The molecule has 2 atom stereocenters. The average molecular weight is 294 g/mol. The minimum atomic E-state index is -0.852. The lowest BCUT2D eigenvalue weighted by Crippen LogP contribution is -2.43. The number of amides is 1. The van der Waals surface area contributed by atoms with E-state index in [4.69, 9.17) is 5.11 Å². The van der Waals surface area contributed by atoms with E-state index in [1.165, 1.54) is 0 Å². The third-order valence-electron chi connectivity index (χ3n) is 3.20. The van der Waals surface area contributed by atoms with E-state index in [2.05, 4.69) is 10.6 Å². The van der Waals surface area contributed by atoms with Gasteiger partial charge in [-0.3, -0.25) is 14.9 Å². The summed E-state index contributed by atoms with van der Waals surface area (Å²) >= 11 is 1.69. The van der Waals surface area contributed by atoms with Gasteiger partial charge in [0, 0.05) is 18.1 Å². The smallest absolute Gasteiger partial charge is 0.303 e. The molecule has 0 aliphatic carbocycles. The van der Waals surface area contributed by atoms with Gasteiger partial charge in [-0.05, 0) is 12.0 Å². The Hall–Kier alpha value is -1.53. The van der Waals surface area contributed by atoms with Crippen molar-refractivity contribution in [2.24, 2.45) is 0 Å². The molecule has 108 valence electrons. The summed E-state index contributed by atoms with van der Waals surface area (Å²) in [4.78, 5) is 22.9. The Morgan fingerprint density at radius 1 is 1.40 bits per heavy atom. The van der Waals surface area contributed by atoms with Gasteiger partial charge in [0.15, 0.2) is 0 Å². The summed E-state index contributed by atoms with van der Waals surface area (Å²) in [7, 11) is 0. The molecule has 6 heteroatoms. The normalized spacial score (nSPS) is 19.5. The van der Waals surface area contributed by atoms with Crippen LogP contribution in [0.1, 0.15) is 24.4 Å². The fraction of sp³-hybridized carbons (Fsp3) is 0.429. The topological polar surface area (TPSA) is 78.4 Å². The average Bonchev–Trinajstić information content (AvgIpc) is 2.98. The van der Waals surface area contributed by atoms with Crippen LogP contribution in [0.4, 0.5) is 0 Å². The van der Waals surface area contributed by atoms with E-state index in [9.17, 15) is 9.59 Å². The highest BCUT2D eigenvalue weighted by Gasteiger charge is 2.25. The van der Waals surface area contributed by atoms with Crippen molar-refractivity contribution >= 4 is 23.6 Å². The maximum absolute atomic E-state index is 12.1. The third-order valence-corrected chi connectivity index (χ3v) is 4.14. The lowest BCUT2D eigenvalue weighted by Gasteiger charge is -2.20. The molecule has 1 saturated heterocycles. The molecule has 3 N–H and O–H groups in total. The molecule has 5 nitrogen and oxygen atoms in total. The zero-order valence-corrected chi connectivity index (χ0v) is 11.9. The molecule has 0 aromatic heterocycles. The fourth-order valence-corrected chi connectivity index (χ4v) is 3.05. The van der Waals surface area contributed by atoms with E-state index in [1.54, 1.807) is 11.8 Å². The summed E-state index contributed by atoms with van der Waals surface area (Å²) in [5.41, 5.74) is 0.938. The van der Waals surface area contributed by atoms with Gasteiger partial charge in [-0.2, -0.15) is 0 Å². The molecule has 1 heterocycles. The molecular formula is C14H18N2O3S. The van der Waals surface area contributed by atoms with Crippen LogP contribution in [0.15, 0.2) is 30.3 Å². The number of hydrogen-bond donors (Lipinski definition) is 3. The summed E-state index contributed by atoms with van der Waals surface area (Å²) in [6.45, 7) is 0. The fourth-order valence-electron chi connectivity index (χ4n) is 2.11. The molecular weight excluding hydrogens is 276 g/mol. The number of thioether (sulfide) groups is 1. The molecule has 1 fully saturated rings. The highest BCUT2D eigenvalue weighted by atomic mass is 32.2. The minimum Gasteiger partial charge on any atom is -0.481 e. The molecule has 0 radical (unpaired) electrons. The number of carbonyl (C=O) groups excluding carboxylic acids is 1. The molecule has 1 aliphatic heterocycles. The Labute approximate surface area is 122 Å². The van der Waals surface area contributed by atoms with Gasteiger partial charge in [0.2, 0.25) is 5.91 Å². The summed E-state index contributed by atoms with van der Waals surface area (Å²) in [6.07, 6.45) is 0.428. The third kappa shape index (κ3) is 4.25.